The Labute approximate surface area is 105 Å². The number of benzene rings is 1. The first-order chi connectivity index (χ1) is 8.76. The fourth-order valence-electron chi connectivity index (χ4n) is 1.84. The summed E-state index contributed by atoms with van der Waals surface area (Å²) in [5.74, 6) is 0.290. The maximum absolute atomic E-state index is 13.6. The van der Waals surface area contributed by atoms with E-state index in [1.165, 1.54) is 6.07 Å². The molecule has 0 spiro atoms. The third-order valence-electron chi connectivity index (χ3n) is 2.75. The van der Waals surface area contributed by atoms with Gasteiger partial charge in [0.25, 0.3) is 0 Å². The van der Waals surface area contributed by atoms with Gasteiger partial charge in [-0.1, -0.05) is 6.07 Å². The zero-order chi connectivity index (χ0) is 13.0. The number of furan rings is 1. The van der Waals surface area contributed by atoms with Gasteiger partial charge in [0.05, 0.1) is 18.5 Å². The first kappa shape index (κ1) is 12.2. The highest BCUT2D eigenvalue weighted by molar-refractivity contribution is 5.59. The Bertz CT molecular complexity index is 558. The first-order valence-electron chi connectivity index (χ1n) is 5.72. The topological polar surface area (TPSA) is 40.2 Å². The van der Waals surface area contributed by atoms with Crippen LogP contribution in [0.25, 0.3) is 0 Å². The molecule has 0 amide bonds. The van der Waals surface area contributed by atoms with Crippen molar-refractivity contribution in [3.8, 4) is 6.07 Å². The number of nitriles is 1. The maximum atomic E-state index is 13.6. The largest absolute Gasteiger partial charge is 0.467 e. The van der Waals surface area contributed by atoms with Crippen molar-refractivity contribution in [3.63, 3.8) is 0 Å². The first-order valence-corrected chi connectivity index (χ1v) is 5.72. The number of hydrogen-bond donors (Lipinski definition) is 0. The van der Waals surface area contributed by atoms with Crippen molar-refractivity contribution >= 4 is 5.69 Å². The molecule has 0 saturated carbocycles. The second-order valence-electron chi connectivity index (χ2n) is 3.84. The van der Waals surface area contributed by atoms with E-state index in [1.54, 1.807) is 24.5 Å². The third kappa shape index (κ3) is 2.35. The standard InChI is InChI=1S/C14H13FN2O/c1-2-17(10-11-5-4-8-18-11)14-7-3-6-13(15)12(14)9-16/h3-8H,2,10H2,1H3. The second-order valence-corrected chi connectivity index (χ2v) is 3.84. The van der Waals surface area contributed by atoms with Crippen LogP contribution < -0.4 is 4.90 Å². The lowest BCUT2D eigenvalue weighted by atomic mass is 10.1. The van der Waals surface area contributed by atoms with E-state index in [9.17, 15) is 4.39 Å². The summed E-state index contributed by atoms with van der Waals surface area (Å²) >= 11 is 0. The second kappa shape index (κ2) is 5.37. The Hall–Kier alpha value is -2.28. The summed E-state index contributed by atoms with van der Waals surface area (Å²) in [7, 11) is 0. The summed E-state index contributed by atoms with van der Waals surface area (Å²) in [6, 6.07) is 10.2. The molecule has 0 atom stereocenters. The number of rotatable bonds is 4. The van der Waals surface area contributed by atoms with E-state index >= 15 is 0 Å². The van der Waals surface area contributed by atoms with Gasteiger partial charge in [-0.3, -0.25) is 0 Å². The van der Waals surface area contributed by atoms with Gasteiger partial charge in [-0.25, -0.2) is 4.39 Å². The molecule has 0 aliphatic rings. The normalized spacial score (nSPS) is 10.1. The molecule has 0 N–H and O–H groups in total. The lowest BCUT2D eigenvalue weighted by Crippen LogP contribution is -2.23. The summed E-state index contributed by atoms with van der Waals surface area (Å²) < 4.78 is 18.8. The molecule has 0 unspecified atom stereocenters. The highest BCUT2D eigenvalue weighted by Crippen LogP contribution is 2.24. The Kier molecular flexibility index (Phi) is 3.63. The average molecular weight is 244 g/mol. The zero-order valence-corrected chi connectivity index (χ0v) is 10.1. The minimum absolute atomic E-state index is 0.0749. The Balaban J connectivity index is 2.33. The summed E-state index contributed by atoms with van der Waals surface area (Å²) in [6.45, 7) is 3.13. The van der Waals surface area contributed by atoms with Crippen LogP contribution in [0.3, 0.4) is 0 Å². The van der Waals surface area contributed by atoms with E-state index < -0.39 is 5.82 Å². The molecule has 1 heterocycles. The molecule has 0 bridgehead atoms. The van der Waals surface area contributed by atoms with Crippen molar-refractivity contribution in [2.75, 3.05) is 11.4 Å². The molecule has 0 aliphatic heterocycles. The molecular formula is C14H13FN2O. The van der Waals surface area contributed by atoms with Gasteiger partial charge in [-0.05, 0) is 31.2 Å². The lowest BCUT2D eigenvalue weighted by Gasteiger charge is -2.23. The van der Waals surface area contributed by atoms with Crippen LogP contribution in [0.2, 0.25) is 0 Å². The fraction of sp³-hybridized carbons (Fsp3) is 0.214. The van der Waals surface area contributed by atoms with Crippen molar-refractivity contribution < 1.29 is 8.81 Å². The molecule has 0 radical (unpaired) electrons. The highest BCUT2D eigenvalue weighted by Gasteiger charge is 2.14. The van der Waals surface area contributed by atoms with Gasteiger partial charge in [-0.2, -0.15) is 5.26 Å². The van der Waals surface area contributed by atoms with E-state index in [2.05, 4.69) is 0 Å². The molecule has 0 fully saturated rings. The zero-order valence-electron chi connectivity index (χ0n) is 10.1. The van der Waals surface area contributed by atoms with Gasteiger partial charge in [0.2, 0.25) is 0 Å². The average Bonchev–Trinajstić information content (AvgIpc) is 2.88. The Morgan fingerprint density at radius 3 is 2.78 bits per heavy atom. The van der Waals surface area contributed by atoms with E-state index in [-0.39, 0.29) is 5.56 Å². The van der Waals surface area contributed by atoms with Crippen LogP contribution in [-0.2, 0) is 6.54 Å². The Morgan fingerprint density at radius 2 is 2.17 bits per heavy atom. The van der Waals surface area contributed by atoms with Gasteiger partial charge < -0.3 is 9.32 Å². The number of nitrogens with zero attached hydrogens (tertiary/aromatic N) is 2. The molecule has 92 valence electrons. The summed E-state index contributed by atoms with van der Waals surface area (Å²) in [6.07, 6.45) is 1.60. The van der Waals surface area contributed by atoms with Gasteiger partial charge in [-0.15, -0.1) is 0 Å². The molecule has 0 saturated heterocycles. The molecule has 18 heavy (non-hydrogen) atoms. The SMILES string of the molecule is CCN(Cc1ccco1)c1cccc(F)c1C#N. The molecule has 1 aromatic carbocycles. The maximum Gasteiger partial charge on any atom is 0.143 e. The van der Waals surface area contributed by atoms with Crippen LogP contribution in [0.4, 0.5) is 10.1 Å². The van der Waals surface area contributed by atoms with Crippen LogP contribution in [0.1, 0.15) is 18.2 Å². The van der Waals surface area contributed by atoms with Gasteiger partial charge >= 0.3 is 0 Å². The predicted octanol–water partition coefficient (Wildman–Crippen LogP) is 3.32. The van der Waals surface area contributed by atoms with E-state index in [1.807, 2.05) is 24.0 Å². The quantitative estimate of drug-likeness (QED) is 0.828. The van der Waals surface area contributed by atoms with E-state index in [0.29, 0.717) is 18.8 Å². The Morgan fingerprint density at radius 1 is 1.33 bits per heavy atom. The van der Waals surface area contributed by atoms with Crippen molar-refractivity contribution in [1.82, 2.24) is 0 Å². The molecule has 1 aromatic heterocycles. The van der Waals surface area contributed by atoms with Gasteiger partial charge in [0, 0.05) is 6.54 Å². The smallest absolute Gasteiger partial charge is 0.143 e. The molecule has 2 rings (SSSR count). The minimum atomic E-state index is -0.493. The highest BCUT2D eigenvalue weighted by atomic mass is 19.1. The van der Waals surface area contributed by atoms with Crippen molar-refractivity contribution in [3.05, 3.63) is 53.7 Å². The molecule has 4 heteroatoms. The van der Waals surface area contributed by atoms with E-state index in [4.69, 9.17) is 9.68 Å². The molecule has 3 nitrogen and oxygen atoms in total. The van der Waals surface area contributed by atoms with Crippen molar-refractivity contribution in [2.45, 2.75) is 13.5 Å². The molecular weight excluding hydrogens is 231 g/mol. The van der Waals surface area contributed by atoms with Crippen LogP contribution in [0.15, 0.2) is 41.0 Å². The van der Waals surface area contributed by atoms with Gasteiger partial charge in [0.1, 0.15) is 23.2 Å². The number of halogens is 1. The number of anilines is 1. The lowest BCUT2D eigenvalue weighted by molar-refractivity contribution is 0.503. The van der Waals surface area contributed by atoms with Crippen molar-refractivity contribution in [1.29, 1.82) is 5.26 Å². The summed E-state index contributed by atoms with van der Waals surface area (Å²) in [4.78, 5) is 1.90. The van der Waals surface area contributed by atoms with E-state index in [0.717, 1.165) is 5.76 Å². The van der Waals surface area contributed by atoms with Crippen molar-refractivity contribution in [2.24, 2.45) is 0 Å². The monoisotopic (exact) mass is 244 g/mol. The summed E-state index contributed by atoms with van der Waals surface area (Å²) in [5, 5.41) is 9.03. The van der Waals surface area contributed by atoms with Crippen LogP contribution in [0, 0.1) is 17.1 Å². The third-order valence-corrected chi connectivity index (χ3v) is 2.75. The summed E-state index contributed by atoms with van der Waals surface area (Å²) in [5.41, 5.74) is 0.669. The molecule has 0 aliphatic carbocycles. The van der Waals surface area contributed by atoms with Crippen LogP contribution >= 0.6 is 0 Å². The van der Waals surface area contributed by atoms with Crippen LogP contribution in [0.5, 0.6) is 0 Å². The fourth-order valence-corrected chi connectivity index (χ4v) is 1.84. The number of hydrogen-bond acceptors (Lipinski definition) is 3. The minimum Gasteiger partial charge on any atom is -0.467 e. The predicted molar refractivity (Wildman–Crippen MR) is 66.5 cm³/mol. The van der Waals surface area contributed by atoms with Gasteiger partial charge in [0.15, 0.2) is 0 Å². The molecule has 2 aromatic rings. The van der Waals surface area contributed by atoms with Crippen LogP contribution in [-0.4, -0.2) is 6.54 Å².